The molecule has 1 amide bonds. The highest BCUT2D eigenvalue weighted by molar-refractivity contribution is 6.31. The van der Waals surface area contributed by atoms with E-state index in [2.05, 4.69) is 0 Å². The maximum Gasteiger partial charge on any atom is 0.328 e. The second-order valence-electron chi connectivity index (χ2n) is 6.37. The summed E-state index contributed by atoms with van der Waals surface area (Å²) in [6, 6.07) is 9.10. The Bertz CT molecular complexity index is 872. The van der Waals surface area contributed by atoms with Gasteiger partial charge in [0, 0.05) is 17.0 Å². The number of hydrogen-bond donors (Lipinski definition) is 0. The Hall–Kier alpha value is -2.67. The minimum Gasteiger partial charge on any atom is -0.485 e. The first kappa shape index (κ1) is 20.1. The first-order chi connectivity index (χ1) is 13.4. The third-order valence-corrected chi connectivity index (χ3v) is 4.93. The number of ether oxygens (including phenoxy) is 2. The molecule has 2 atom stereocenters. The number of amides is 1. The molecule has 0 saturated carbocycles. The zero-order chi connectivity index (χ0) is 20.3. The molecule has 0 radical (unpaired) electrons. The summed E-state index contributed by atoms with van der Waals surface area (Å²) in [7, 11) is 1.21. The number of likely N-dealkylation sites (tertiary alicyclic amines) is 1. The van der Waals surface area contributed by atoms with Crippen molar-refractivity contribution in [2.45, 2.75) is 25.0 Å². The van der Waals surface area contributed by atoms with Crippen LogP contribution in [-0.4, -0.2) is 42.6 Å². The number of rotatable bonds is 5. The molecular formula is C20H18ClF2NO4. The molecule has 0 N–H and O–H groups in total. The number of nitrogens with zero attached hydrogens (tertiary/aromatic N) is 1. The van der Waals surface area contributed by atoms with Crippen LogP contribution < -0.4 is 4.74 Å². The molecule has 28 heavy (non-hydrogen) atoms. The van der Waals surface area contributed by atoms with Crippen LogP contribution in [0.5, 0.6) is 5.75 Å². The fourth-order valence-corrected chi connectivity index (χ4v) is 3.42. The Balaban J connectivity index is 1.78. The van der Waals surface area contributed by atoms with Gasteiger partial charge in [0.25, 0.3) is 0 Å². The third kappa shape index (κ3) is 4.25. The van der Waals surface area contributed by atoms with E-state index < -0.39 is 35.7 Å². The van der Waals surface area contributed by atoms with E-state index in [1.165, 1.54) is 48.4 Å². The summed E-state index contributed by atoms with van der Waals surface area (Å²) in [5, 5.41) is 0.126. The maximum atomic E-state index is 14.0. The lowest BCUT2D eigenvalue weighted by atomic mass is 10.1. The van der Waals surface area contributed by atoms with Crippen LogP contribution in [0.3, 0.4) is 0 Å². The molecule has 2 aromatic carbocycles. The van der Waals surface area contributed by atoms with Crippen molar-refractivity contribution < 1.29 is 27.8 Å². The summed E-state index contributed by atoms with van der Waals surface area (Å²) in [6.07, 6.45) is -0.788. The van der Waals surface area contributed by atoms with Gasteiger partial charge in [-0.05, 0) is 24.3 Å². The maximum absolute atomic E-state index is 14.0. The Labute approximate surface area is 165 Å². The number of esters is 1. The molecule has 8 heteroatoms. The van der Waals surface area contributed by atoms with Crippen LogP contribution in [0.4, 0.5) is 8.78 Å². The standard InChI is InChI=1S/C20H18ClF2NO4/c1-27-20(26)17-9-12(28-18-8-3-2-6-16(18)23)11-24(17)19(25)10-13-14(21)5-4-7-15(13)22/h2-8,12,17H,9-11H2,1H3. The number of carbonyl (C=O) groups is 2. The second kappa shape index (κ2) is 8.56. The van der Waals surface area contributed by atoms with Crippen molar-refractivity contribution in [2.75, 3.05) is 13.7 Å². The van der Waals surface area contributed by atoms with Gasteiger partial charge in [0.05, 0.1) is 20.1 Å². The highest BCUT2D eigenvalue weighted by atomic mass is 35.5. The first-order valence-electron chi connectivity index (χ1n) is 8.62. The fourth-order valence-electron chi connectivity index (χ4n) is 3.19. The predicted octanol–water partition coefficient (Wildman–Crippen LogP) is 3.38. The molecule has 1 aliphatic rings. The van der Waals surface area contributed by atoms with E-state index in [9.17, 15) is 18.4 Å². The Kier molecular flexibility index (Phi) is 6.14. The number of hydrogen-bond acceptors (Lipinski definition) is 4. The molecule has 0 aliphatic carbocycles. The molecule has 1 heterocycles. The molecule has 0 bridgehead atoms. The summed E-state index contributed by atoms with van der Waals surface area (Å²) >= 11 is 5.99. The highest BCUT2D eigenvalue weighted by Crippen LogP contribution is 2.27. The summed E-state index contributed by atoms with van der Waals surface area (Å²) < 4.78 is 38.3. The van der Waals surface area contributed by atoms with Gasteiger partial charge in [-0.15, -0.1) is 0 Å². The van der Waals surface area contributed by atoms with Crippen LogP contribution in [0.2, 0.25) is 5.02 Å². The SMILES string of the molecule is COC(=O)C1CC(Oc2ccccc2F)CN1C(=O)Cc1c(F)cccc1Cl. The molecule has 2 unspecified atom stereocenters. The van der Waals surface area contributed by atoms with Gasteiger partial charge in [-0.25, -0.2) is 13.6 Å². The lowest BCUT2D eigenvalue weighted by Gasteiger charge is -2.22. The summed E-state index contributed by atoms with van der Waals surface area (Å²) in [5.74, 6) is -2.23. The van der Waals surface area contributed by atoms with Crippen molar-refractivity contribution in [1.29, 1.82) is 0 Å². The minimum absolute atomic E-state index is 0.0302. The van der Waals surface area contributed by atoms with Gasteiger partial charge in [0.2, 0.25) is 5.91 Å². The van der Waals surface area contributed by atoms with Gasteiger partial charge in [0.15, 0.2) is 11.6 Å². The lowest BCUT2D eigenvalue weighted by molar-refractivity contribution is -0.150. The molecule has 5 nitrogen and oxygen atoms in total. The zero-order valence-electron chi connectivity index (χ0n) is 15.0. The van der Waals surface area contributed by atoms with E-state index >= 15 is 0 Å². The van der Waals surface area contributed by atoms with Gasteiger partial charge >= 0.3 is 5.97 Å². The Morgan fingerprint density at radius 2 is 1.86 bits per heavy atom. The van der Waals surface area contributed by atoms with E-state index in [1.54, 1.807) is 6.07 Å². The molecule has 3 rings (SSSR count). The zero-order valence-corrected chi connectivity index (χ0v) is 15.8. The molecule has 0 aromatic heterocycles. The molecule has 0 spiro atoms. The quantitative estimate of drug-likeness (QED) is 0.710. The lowest BCUT2D eigenvalue weighted by Crippen LogP contribution is -2.42. The van der Waals surface area contributed by atoms with Crippen LogP contribution in [0, 0.1) is 11.6 Å². The summed E-state index contributed by atoms with van der Waals surface area (Å²) in [5.41, 5.74) is 0.0521. The molecule has 2 aromatic rings. The van der Waals surface area contributed by atoms with Crippen molar-refractivity contribution >= 4 is 23.5 Å². The number of para-hydroxylation sites is 1. The third-order valence-electron chi connectivity index (χ3n) is 4.58. The van der Waals surface area contributed by atoms with E-state index in [4.69, 9.17) is 21.1 Å². The van der Waals surface area contributed by atoms with Crippen LogP contribution in [-0.2, 0) is 20.7 Å². The van der Waals surface area contributed by atoms with E-state index in [-0.39, 0.29) is 35.7 Å². The largest absolute Gasteiger partial charge is 0.485 e. The van der Waals surface area contributed by atoms with Gasteiger partial charge in [-0.2, -0.15) is 0 Å². The van der Waals surface area contributed by atoms with Gasteiger partial charge in [-0.3, -0.25) is 4.79 Å². The summed E-state index contributed by atoms with van der Waals surface area (Å²) in [4.78, 5) is 26.2. The number of halogens is 3. The topological polar surface area (TPSA) is 55.8 Å². The highest BCUT2D eigenvalue weighted by Gasteiger charge is 2.41. The van der Waals surface area contributed by atoms with E-state index in [1.807, 2.05) is 0 Å². The minimum atomic E-state index is -0.903. The molecule has 1 saturated heterocycles. The average molecular weight is 410 g/mol. The molecule has 1 fully saturated rings. The van der Waals surface area contributed by atoms with Crippen molar-refractivity contribution in [1.82, 2.24) is 4.90 Å². The van der Waals surface area contributed by atoms with E-state index in [0.717, 1.165) is 0 Å². The number of benzene rings is 2. The average Bonchev–Trinajstić information content (AvgIpc) is 3.10. The smallest absolute Gasteiger partial charge is 0.328 e. The van der Waals surface area contributed by atoms with Gasteiger partial charge in [0.1, 0.15) is 18.0 Å². The van der Waals surface area contributed by atoms with E-state index in [0.29, 0.717) is 0 Å². The number of carbonyl (C=O) groups excluding carboxylic acids is 2. The predicted molar refractivity (Wildman–Crippen MR) is 98.1 cm³/mol. The fraction of sp³-hybridized carbons (Fsp3) is 0.300. The van der Waals surface area contributed by atoms with Crippen molar-refractivity contribution in [2.24, 2.45) is 0 Å². The van der Waals surface area contributed by atoms with Crippen molar-refractivity contribution in [3.05, 3.63) is 64.7 Å². The van der Waals surface area contributed by atoms with Crippen LogP contribution in [0.25, 0.3) is 0 Å². The molecule has 148 valence electrons. The normalized spacial score (nSPS) is 18.8. The van der Waals surface area contributed by atoms with Crippen molar-refractivity contribution in [3.63, 3.8) is 0 Å². The van der Waals surface area contributed by atoms with Crippen LogP contribution in [0.15, 0.2) is 42.5 Å². The number of methoxy groups -OCH3 is 1. The Morgan fingerprint density at radius 3 is 2.54 bits per heavy atom. The molecular weight excluding hydrogens is 392 g/mol. The summed E-state index contributed by atoms with van der Waals surface area (Å²) in [6.45, 7) is 0.0407. The van der Waals surface area contributed by atoms with Crippen LogP contribution in [0.1, 0.15) is 12.0 Å². The van der Waals surface area contributed by atoms with Crippen molar-refractivity contribution in [3.8, 4) is 5.75 Å². The van der Waals surface area contributed by atoms with Gasteiger partial charge in [-0.1, -0.05) is 29.8 Å². The second-order valence-corrected chi connectivity index (χ2v) is 6.78. The molecule has 1 aliphatic heterocycles. The first-order valence-corrected chi connectivity index (χ1v) is 9.00. The van der Waals surface area contributed by atoms with Crippen LogP contribution >= 0.6 is 11.6 Å². The Morgan fingerprint density at radius 1 is 1.14 bits per heavy atom. The monoisotopic (exact) mass is 409 g/mol. The van der Waals surface area contributed by atoms with Gasteiger partial charge < -0.3 is 14.4 Å².